The Kier molecular flexibility index (Phi) is 5.45. The third-order valence-corrected chi connectivity index (χ3v) is 4.83. The minimum atomic E-state index is 0.530. The van der Waals surface area contributed by atoms with Gasteiger partial charge in [0.1, 0.15) is 0 Å². The molecule has 0 bridgehead atoms. The van der Waals surface area contributed by atoms with Crippen molar-refractivity contribution in [2.45, 2.75) is 64.8 Å². The molecule has 1 heteroatoms. The fourth-order valence-electron chi connectivity index (χ4n) is 3.33. The van der Waals surface area contributed by atoms with Gasteiger partial charge < -0.3 is 5.32 Å². The zero-order chi connectivity index (χ0) is 13.7. The highest BCUT2D eigenvalue weighted by molar-refractivity contribution is 5.31. The maximum atomic E-state index is 3.53. The molecule has 106 valence electrons. The van der Waals surface area contributed by atoms with Crippen molar-refractivity contribution in [3.05, 3.63) is 34.9 Å². The number of nitrogens with one attached hydrogen (secondary N) is 1. The molecule has 0 saturated heterocycles. The van der Waals surface area contributed by atoms with Gasteiger partial charge in [-0.25, -0.2) is 0 Å². The van der Waals surface area contributed by atoms with Gasteiger partial charge in [0.05, 0.1) is 0 Å². The van der Waals surface area contributed by atoms with Crippen molar-refractivity contribution >= 4 is 0 Å². The monoisotopic (exact) mass is 259 g/mol. The average Bonchev–Trinajstić information content (AvgIpc) is 2.68. The molecule has 19 heavy (non-hydrogen) atoms. The van der Waals surface area contributed by atoms with Gasteiger partial charge in [0.25, 0.3) is 0 Å². The summed E-state index contributed by atoms with van der Waals surface area (Å²) in [6.45, 7) is 4.41. The highest BCUT2D eigenvalue weighted by atomic mass is 14.9. The van der Waals surface area contributed by atoms with Gasteiger partial charge in [-0.3, -0.25) is 0 Å². The third-order valence-electron chi connectivity index (χ3n) is 4.83. The molecular formula is C18H29N. The second-order valence-corrected chi connectivity index (χ2v) is 6.28. The van der Waals surface area contributed by atoms with Crippen molar-refractivity contribution in [2.75, 3.05) is 7.05 Å². The van der Waals surface area contributed by atoms with E-state index in [1.54, 1.807) is 0 Å². The van der Waals surface area contributed by atoms with E-state index in [9.17, 15) is 0 Å². The molecule has 1 aliphatic carbocycles. The summed E-state index contributed by atoms with van der Waals surface area (Å²) in [6, 6.07) is 7.47. The van der Waals surface area contributed by atoms with Crippen LogP contribution in [0.15, 0.2) is 18.2 Å². The first-order valence-electron chi connectivity index (χ1n) is 7.95. The zero-order valence-corrected chi connectivity index (χ0v) is 12.8. The van der Waals surface area contributed by atoms with E-state index < -0.39 is 0 Å². The summed E-state index contributed by atoms with van der Waals surface area (Å²) in [5.74, 6) is 0.918. The fraction of sp³-hybridized carbons (Fsp3) is 0.667. The summed E-state index contributed by atoms with van der Waals surface area (Å²) in [5.41, 5.74) is 4.28. The molecule has 1 nitrogen and oxygen atoms in total. The molecule has 1 saturated carbocycles. The molecule has 2 rings (SSSR count). The first-order valence-corrected chi connectivity index (χ1v) is 7.95. The van der Waals surface area contributed by atoms with E-state index in [1.807, 2.05) is 0 Å². The first kappa shape index (κ1) is 14.6. The smallest absolute Gasteiger partial charge is 0.0320 e. The lowest BCUT2D eigenvalue weighted by Crippen LogP contribution is -2.20. The SMILES string of the molecule is CNC(CC1CCCCCC1)c1ccc(C)c(C)c1. The second-order valence-electron chi connectivity index (χ2n) is 6.28. The van der Waals surface area contributed by atoms with E-state index in [0.29, 0.717) is 6.04 Å². The van der Waals surface area contributed by atoms with E-state index >= 15 is 0 Å². The van der Waals surface area contributed by atoms with E-state index in [1.165, 1.54) is 61.6 Å². The van der Waals surface area contributed by atoms with Crippen molar-refractivity contribution in [3.8, 4) is 0 Å². The predicted octanol–water partition coefficient (Wildman–Crippen LogP) is 4.92. The molecule has 1 atom stereocenters. The molecule has 0 spiro atoms. The van der Waals surface area contributed by atoms with Crippen LogP contribution in [-0.4, -0.2) is 7.05 Å². The average molecular weight is 259 g/mol. The maximum absolute atomic E-state index is 3.53. The topological polar surface area (TPSA) is 12.0 Å². The summed E-state index contributed by atoms with van der Waals surface area (Å²) in [5, 5.41) is 3.53. The Morgan fingerprint density at radius 2 is 1.74 bits per heavy atom. The Morgan fingerprint density at radius 1 is 1.05 bits per heavy atom. The fourth-order valence-corrected chi connectivity index (χ4v) is 3.33. The first-order chi connectivity index (χ1) is 9.20. The number of hydrogen-bond donors (Lipinski definition) is 1. The van der Waals surface area contributed by atoms with Crippen LogP contribution in [0.3, 0.4) is 0 Å². The summed E-state index contributed by atoms with van der Waals surface area (Å²) in [6.07, 6.45) is 9.95. The summed E-state index contributed by atoms with van der Waals surface area (Å²) in [4.78, 5) is 0. The van der Waals surface area contributed by atoms with E-state index in [-0.39, 0.29) is 0 Å². The molecular weight excluding hydrogens is 230 g/mol. The van der Waals surface area contributed by atoms with Crippen molar-refractivity contribution in [2.24, 2.45) is 5.92 Å². The van der Waals surface area contributed by atoms with Gasteiger partial charge in [-0.05, 0) is 49.9 Å². The number of hydrogen-bond acceptors (Lipinski definition) is 1. The highest BCUT2D eigenvalue weighted by Crippen LogP contribution is 2.31. The van der Waals surface area contributed by atoms with Gasteiger partial charge in [0.2, 0.25) is 0 Å². The quantitative estimate of drug-likeness (QED) is 0.756. The van der Waals surface area contributed by atoms with Gasteiger partial charge in [0, 0.05) is 6.04 Å². The molecule has 1 aromatic rings. The molecule has 0 aromatic heterocycles. The van der Waals surface area contributed by atoms with Gasteiger partial charge in [-0.2, -0.15) is 0 Å². The van der Waals surface area contributed by atoms with Crippen LogP contribution in [0, 0.1) is 19.8 Å². The molecule has 1 aliphatic rings. The molecule has 0 heterocycles. The summed E-state index contributed by atoms with van der Waals surface area (Å²) in [7, 11) is 2.11. The van der Waals surface area contributed by atoms with Crippen LogP contribution in [-0.2, 0) is 0 Å². The number of benzene rings is 1. The summed E-state index contributed by atoms with van der Waals surface area (Å²) < 4.78 is 0. The second kappa shape index (κ2) is 7.09. The van der Waals surface area contributed by atoms with Crippen LogP contribution in [0.1, 0.15) is 67.7 Å². The molecule has 0 radical (unpaired) electrons. The van der Waals surface area contributed by atoms with Crippen molar-refractivity contribution in [3.63, 3.8) is 0 Å². The minimum Gasteiger partial charge on any atom is -0.313 e. The molecule has 1 aromatic carbocycles. The van der Waals surface area contributed by atoms with Gasteiger partial charge in [-0.15, -0.1) is 0 Å². The van der Waals surface area contributed by atoms with Crippen LogP contribution >= 0.6 is 0 Å². The maximum Gasteiger partial charge on any atom is 0.0320 e. The van der Waals surface area contributed by atoms with Crippen LogP contribution in [0.25, 0.3) is 0 Å². The van der Waals surface area contributed by atoms with Gasteiger partial charge in [0.15, 0.2) is 0 Å². The Balaban J connectivity index is 2.03. The standard InChI is InChI=1S/C18H29N/c1-14-10-11-17(12-15(14)2)18(19-3)13-16-8-6-4-5-7-9-16/h10-12,16,18-19H,4-9,13H2,1-3H3. The van der Waals surface area contributed by atoms with Crippen LogP contribution in [0.5, 0.6) is 0 Å². The lowest BCUT2D eigenvalue weighted by Gasteiger charge is -2.23. The highest BCUT2D eigenvalue weighted by Gasteiger charge is 2.18. The Labute approximate surface area is 118 Å². The largest absolute Gasteiger partial charge is 0.313 e. The van der Waals surface area contributed by atoms with Crippen molar-refractivity contribution in [1.82, 2.24) is 5.32 Å². The molecule has 1 unspecified atom stereocenters. The number of aryl methyl sites for hydroxylation is 2. The Hall–Kier alpha value is -0.820. The number of rotatable bonds is 4. The van der Waals surface area contributed by atoms with Crippen LogP contribution in [0.2, 0.25) is 0 Å². The van der Waals surface area contributed by atoms with E-state index in [2.05, 4.69) is 44.4 Å². The molecule has 1 N–H and O–H groups in total. The molecule has 0 amide bonds. The van der Waals surface area contributed by atoms with E-state index in [4.69, 9.17) is 0 Å². The van der Waals surface area contributed by atoms with E-state index in [0.717, 1.165) is 5.92 Å². The minimum absolute atomic E-state index is 0.530. The lowest BCUT2D eigenvalue weighted by atomic mass is 9.89. The normalized spacial score (nSPS) is 19.1. The van der Waals surface area contributed by atoms with Crippen molar-refractivity contribution in [1.29, 1.82) is 0 Å². The van der Waals surface area contributed by atoms with Crippen LogP contribution in [0.4, 0.5) is 0 Å². The van der Waals surface area contributed by atoms with Crippen LogP contribution < -0.4 is 5.32 Å². The Bertz CT molecular complexity index is 389. The zero-order valence-electron chi connectivity index (χ0n) is 12.8. The van der Waals surface area contributed by atoms with Gasteiger partial charge in [-0.1, -0.05) is 56.7 Å². The predicted molar refractivity (Wildman–Crippen MR) is 83.5 cm³/mol. The Morgan fingerprint density at radius 3 is 2.32 bits per heavy atom. The molecule has 1 fully saturated rings. The summed E-state index contributed by atoms with van der Waals surface area (Å²) >= 11 is 0. The van der Waals surface area contributed by atoms with Gasteiger partial charge >= 0.3 is 0 Å². The third kappa shape index (κ3) is 4.07. The van der Waals surface area contributed by atoms with Crippen molar-refractivity contribution < 1.29 is 0 Å². The molecule has 0 aliphatic heterocycles. The lowest BCUT2D eigenvalue weighted by molar-refractivity contribution is 0.368.